The molecule has 4 heteroatoms. The minimum atomic E-state index is 0.435. The molecule has 82 valence electrons. The molecule has 2 heterocycles. The van der Waals surface area contributed by atoms with E-state index in [0.717, 1.165) is 11.8 Å². The van der Waals surface area contributed by atoms with Crippen LogP contribution in [0.3, 0.4) is 0 Å². The smallest absolute Gasteiger partial charge is 0.0265 e. The van der Waals surface area contributed by atoms with Crippen molar-refractivity contribution < 1.29 is 0 Å². The van der Waals surface area contributed by atoms with Crippen molar-refractivity contribution >= 4 is 23.5 Å². The second-order valence-corrected chi connectivity index (χ2v) is 6.79. The second-order valence-electron chi connectivity index (χ2n) is 4.23. The molecule has 2 saturated heterocycles. The largest absolute Gasteiger partial charge is 0.327 e. The maximum absolute atomic E-state index is 5.98. The second kappa shape index (κ2) is 5.64. The van der Waals surface area contributed by atoms with E-state index in [4.69, 9.17) is 5.73 Å². The molecular formula is C10H20N2S2. The van der Waals surface area contributed by atoms with Crippen molar-refractivity contribution in [2.75, 3.05) is 36.9 Å². The van der Waals surface area contributed by atoms with Gasteiger partial charge >= 0.3 is 0 Å². The van der Waals surface area contributed by atoms with Gasteiger partial charge in [0.15, 0.2) is 0 Å². The Bertz CT molecular complexity index is 172. The number of hydrogen-bond acceptors (Lipinski definition) is 4. The van der Waals surface area contributed by atoms with Crippen molar-refractivity contribution in [2.45, 2.75) is 24.1 Å². The highest BCUT2D eigenvalue weighted by Gasteiger charge is 2.21. The third kappa shape index (κ3) is 3.33. The predicted octanol–water partition coefficient (Wildman–Crippen LogP) is 1.26. The van der Waals surface area contributed by atoms with E-state index in [9.17, 15) is 0 Å². The molecule has 2 aliphatic rings. The van der Waals surface area contributed by atoms with Gasteiger partial charge in [-0.3, -0.25) is 0 Å². The number of likely N-dealkylation sites (tertiary alicyclic amines) is 1. The summed E-state index contributed by atoms with van der Waals surface area (Å²) in [5.41, 5.74) is 5.98. The van der Waals surface area contributed by atoms with E-state index in [-0.39, 0.29) is 0 Å². The molecule has 0 aromatic heterocycles. The molecule has 2 fully saturated rings. The van der Waals surface area contributed by atoms with Crippen LogP contribution in [-0.2, 0) is 0 Å². The molecule has 0 radical (unpaired) electrons. The lowest BCUT2D eigenvalue weighted by molar-refractivity contribution is 0.212. The predicted molar refractivity (Wildman–Crippen MR) is 67.2 cm³/mol. The fourth-order valence-corrected chi connectivity index (χ4v) is 4.90. The van der Waals surface area contributed by atoms with Crippen LogP contribution < -0.4 is 5.73 Å². The average molecular weight is 232 g/mol. The first-order valence-corrected chi connectivity index (χ1v) is 7.72. The lowest BCUT2D eigenvalue weighted by Gasteiger charge is -2.34. The molecule has 14 heavy (non-hydrogen) atoms. The van der Waals surface area contributed by atoms with Crippen molar-refractivity contribution in [3.8, 4) is 0 Å². The van der Waals surface area contributed by atoms with E-state index in [1.165, 1.54) is 43.2 Å². The summed E-state index contributed by atoms with van der Waals surface area (Å²) in [7, 11) is 0. The minimum Gasteiger partial charge on any atom is -0.327 e. The first kappa shape index (κ1) is 11.1. The van der Waals surface area contributed by atoms with Gasteiger partial charge in [-0.1, -0.05) is 0 Å². The Kier molecular flexibility index (Phi) is 4.47. The van der Waals surface area contributed by atoms with Gasteiger partial charge in [-0.25, -0.2) is 0 Å². The molecular weight excluding hydrogens is 212 g/mol. The van der Waals surface area contributed by atoms with Gasteiger partial charge in [0.25, 0.3) is 0 Å². The Balaban J connectivity index is 1.72. The number of thioether (sulfide) groups is 2. The maximum Gasteiger partial charge on any atom is 0.0265 e. The van der Waals surface area contributed by atoms with Crippen LogP contribution in [0.5, 0.6) is 0 Å². The number of rotatable bonds is 2. The van der Waals surface area contributed by atoms with Gasteiger partial charge in [0.05, 0.1) is 0 Å². The highest BCUT2D eigenvalue weighted by molar-refractivity contribution is 8.06. The zero-order valence-corrected chi connectivity index (χ0v) is 10.3. The Morgan fingerprint density at radius 2 is 2.29 bits per heavy atom. The molecule has 2 N–H and O–H groups in total. The lowest BCUT2D eigenvalue weighted by atomic mass is 10.1. The van der Waals surface area contributed by atoms with E-state index in [1.807, 2.05) is 0 Å². The first-order valence-electron chi connectivity index (χ1n) is 5.52. The van der Waals surface area contributed by atoms with Crippen molar-refractivity contribution in [1.29, 1.82) is 0 Å². The van der Waals surface area contributed by atoms with E-state index >= 15 is 0 Å². The van der Waals surface area contributed by atoms with Crippen LogP contribution in [-0.4, -0.2) is 53.1 Å². The van der Waals surface area contributed by atoms with Crippen molar-refractivity contribution in [1.82, 2.24) is 4.90 Å². The summed E-state index contributed by atoms with van der Waals surface area (Å²) in [6, 6.07) is 0.435. The van der Waals surface area contributed by atoms with E-state index in [0.29, 0.717) is 6.04 Å². The van der Waals surface area contributed by atoms with Crippen LogP contribution in [0, 0.1) is 0 Å². The van der Waals surface area contributed by atoms with Gasteiger partial charge in [0.2, 0.25) is 0 Å². The van der Waals surface area contributed by atoms with Gasteiger partial charge in [0, 0.05) is 41.6 Å². The highest BCUT2D eigenvalue weighted by Crippen LogP contribution is 2.25. The van der Waals surface area contributed by atoms with Crippen LogP contribution in [0.25, 0.3) is 0 Å². The number of piperidine rings is 1. The SMILES string of the molecule is NC1CCCN(CC2CSCCS2)C1. The zero-order valence-electron chi connectivity index (χ0n) is 8.65. The third-order valence-electron chi connectivity index (χ3n) is 2.89. The fourth-order valence-electron chi connectivity index (χ4n) is 2.19. The van der Waals surface area contributed by atoms with Crippen LogP contribution in [0.1, 0.15) is 12.8 Å². The minimum absolute atomic E-state index is 0.435. The average Bonchev–Trinajstić information content (AvgIpc) is 2.19. The summed E-state index contributed by atoms with van der Waals surface area (Å²) in [5.74, 6) is 4.03. The molecule has 0 saturated carbocycles. The van der Waals surface area contributed by atoms with Crippen LogP contribution in [0.4, 0.5) is 0 Å². The summed E-state index contributed by atoms with van der Waals surface area (Å²) in [5, 5.41) is 0.860. The van der Waals surface area contributed by atoms with Crippen LogP contribution in [0.2, 0.25) is 0 Å². The summed E-state index contributed by atoms with van der Waals surface area (Å²) in [4.78, 5) is 2.57. The monoisotopic (exact) mass is 232 g/mol. The summed E-state index contributed by atoms with van der Waals surface area (Å²) in [6.45, 7) is 3.67. The highest BCUT2D eigenvalue weighted by atomic mass is 32.2. The molecule has 0 aliphatic carbocycles. The molecule has 0 bridgehead atoms. The summed E-state index contributed by atoms with van der Waals surface area (Å²) in [6.07, 6.45) is 2.52. The third-order valence-corrected chi connectivity index (χ3v) is 5.72. The van der Waals surface area contributed by atoms with Gasteiger partial charge < -0.3 is 10.6 Å². The molecule has 2 atom stereocenters. The fraction of sp³-hybridized carbons (Fsp3) is 1.00. The molecule has 2 nitrogen and oxygen atoms in total. The van der Waals surface area contributed by atoms with Gasteiger partial charge in [-0.05, 0) is 19.4 Å². The molecule has 0 spiro atoms. The van der Waals surface area contributed by atoms with Crippen molar-refractivity contribution in [3.63, 3.8) is 0 Å². The summed E-state index contributed by atoms with van der Waals surface area (Å²) < 4.78 is 0. The van der Waals surface area contributed by atoms with Gasteiger partial charge in [-0.15, -0.1) is 0 Å². The number of hydrogen-bond donors (Lipinski definition) is 1. The molecule has 2 rings (SSSR count). The van der Waals surface area contributed by atoms with Crippen LogP contribution in [0.15, 0.2) is 0 Å². The molecule has 0 aromatic rings. The number of nitrogens with two attached hydrogens (primary N) is 1. The molecule has 0 amide bonds. The quantitative estimate of drug-likeness (QED) is 0.776. The molecule has 2 aliphatic heterocycles. The molecule has 0 aromatic carbocycles. The lowest BCUT2D eigenvalue weighted by Crippen LogP contribution is -2.45. The van der Waals surface area contributed by atoms with Crippen LogP contribution >= 0.6 is 23.5 Å². The van der Waals surface area contributed by atoms with E-state index < -0.39 is 0 Å². The van der Waals surface area contributed by atoms with E-state index in [2.05, 4.69) is 28.4 Å². The Morgan fingerprint density at radius 3 is 3.00 bits per heavy atom. The normalized spacial score (nSPS) is 35.8. The van der Waals surface area contributed by atoms with Crippen molar-refractivity contribution in [2.24, 2.45) is 5.73 Å². The first-order chi connectivity index (χ1) is 6.84. The number of nitrogens with zero attached hydrogens (tertiary/aromatic N) is 1. The Hall–Kier alpha value is 0.620. The Morgan fingerprint density at radius 1 is 1.36 bits per heavy atom. The van der Waals surface area contributed by atoms with Gasteiger partial charge in [0.1, 0.15) is 0 Å². The van der Waals surface area contributed by atoms with E-state index in [1.54, 1.807) is 0 Å². The topological polar surface area (TPSA) is 29.3 Å². The maximum atomic E-state index is 5.98. The standard InChI is InChI=1S/C10H20N2S2/c11-9-2-1-3-12(6-9)7-10-8-13-4-5-14-10/h9-10H,1-8,11H2. The zero-order chi connectivity index (χ0) is 9.80. The van der Waals surface area contributed by atoms with Gasteiger partial charge in [-0.2, -0.15) is 23.5 Å². The van der Waals surface area contributed by atoms with Crippen molar-refractivity contribution in [3.05, 3.63) is 0 Å². The Labute approximate surface area is 95.4 Å². The molecule has 2 unspecified atom stereocenters. The summed E-state index contributed by atoms with van der Waals surface area (Å²) >= 11 is 4.27.